The topological polar surface area (TPSA) is 92.1 Å². The number of aromatic nitrogens is 1. The summed E-state index contributed by atoms with van der Waals surface area (Å²) in [7, 11) is 0. The van der Waals surface area contributed by atoms with E-state index in [1.807, 2.05) is 22.9 Å². The molecule has 0 aromatic carbocycles. The molecule has 0 radical (unpaired) electrons. The Hall–Kier alpha value is -2.24. The fourth-order valence-electron chi connectivity index (χ4n) is 1.56. The minimum absolute atomic E-state index is 0.0338. The quantitative estimate of drug-likeness (QED) is 0.617. The van der Waals surface area contributed by atoms with Crippen molar-refractivity contribution < 1.29 is 14.3 Å². The van der Waals surface area contributed by atoms with Crippen LogP contribution in [-0.4, -0.2) is 30.0 Å². The number of carbonyl (C=O) groups is 2. The highest BCUT2D eigenvalue weighted by Gasteiger charge is 2.12. The highest BCUT2D eigenvalue weighted by molar-refractivity contribution is 7.14. The van der Waals surface area contributed by atoms with E-state index in [1.165, 1.54) is 11.3 Å². The fourth-order valence-corrected chi connectivity index (χ4v) is 3.09. The molecule has 2 aromatic heterocycles. The molecule has 2 aromatic rings. The van der Waals surface area contributed by atoms with Gasteiger partial charge in [0, 0.05) is 22.9 Å². The maximum absolute atomic E-state index is 11.7. The molecule has 0 saturated carbocycles. The summed E-state index contributed by atoms with van der Waals surface area (Å²) in [4.78, 5) is 27.3. The number of nitrogens with one attached hydrogen (secondary N) is 1. The number of nitrogens with zero attached hydrogens (tertiary/aromatic N) is 2. The van der Waals surface area contributed by atoms with Gasteiger partial charge < -0.3 is 10.1 Å². The van der Waals surface area contributed by atoms with Crippen LogP contribution in [0.2, 0.25) is 0 Å². The van der Waals surface area contributed by atoms with Gasteiger partial charge in [-0.05, 0) is 11.4 Å². The first kappa shape index (κ1) is 16.1. The summed E-state index contributed by atoms with van der Waals surface area (Å²) in [6.45, 7) is -0.0885. The lowest BCUT2D eigenvalue weighted by molar-refractivity contribution is -0.147. The Morgan fingerprint density at radius 3 is 3.00 bits per heavy atom. The van der Waals surface area contributed by atoms with Gasteiger partial charge in [-0.2, -0.15) is 16.6 Å². The lowest BCUT2D eigenvalue weighted by Crippen LogP contribution is -2.29. The Labute approximate surface area is 135 Å². The predicted molar refractivity (Wildman–Crippen MR) is 83.3 cm³/mol. The van der Waals surface area contributed by atoms with Crippen LogP contribution in [-0.2, 0) is 20.7 Å². The largest absolute Gasteiger partial charge is 0.455 e. The van der Waals surface area contributed by atoms with Crippen molar-refractivity contribution in [3.8, 4) is 16.6 Å². The van der Waals surface area contributed by atoms with Gasteiger partial charge >= 0.3 is 5.97 Å². The number of rotatable bonds is 7. The van der Waals surface area contributed by atoms with Crippen molar-refractivity contribution in [3.05, 3.63) is 27.9 Å². The summed E-state index contributed by atoms with van der Waals surface area (Å²) < 4.78 is 4.87. The predicted octanol–water partition coefficient (Wildman–Crippen LogP) is 1.99. The van der Waals surface area contributed by atoms with E-state index in [9.17, 15) is 9.59 Å². The third-order valence-electron chi connectivity index (χ3n) is 2.57. The van der Waals surface area contributed by atoms with Crippen LogP contribution in [0.15, 0.2) is 22.2 Å². The minimum atomic E-state index is -0.502. The van der Waals surface area contributed by atoms with E-state index in [2.05, 4.69) is 10.3 Å². The summed E-state index contributed by atoms with van der Waals surface area (Å²) in [5.41, 5.74) is 1.66. The molecule has 0 aliphatic heterocycles. The van der Waals surface area contributed by atoms with Crippen LogP contribution in [0.1, 0.15) is 12.1 Å². The number of carbonyl (C=O) groups excluding carboxylic acids is 2. The van der Waals surface area contributed by atoms with E-state index < -0.39 is 11.9 Å². The Kier molecular flexibility index (Phi) is 6.06. The zero-order valence-corrected chi connectivity index (χ0v) is 13.2. The molecule has 22 heavy (non-hydrogen) atoms. The normalized spacial score (nSPS) is 9.95. The average molecular weight is 335 g/mol. The fraction of sp³-hybridized carbons (Fsp3) is 0.286. The number of hydrogen-bond acceptors (Lipinski definition) is 7. The van der Waals surface area contributed by atoms with Crippen molar-refractivity contribution in [2.75, 3.05) is 13.2 Å². The third kappa shape index (κ3) is 4.95. The second-order valence-corrected chi connectivity index (χ2v) is 5.89. The van der Waals surface area contributed by atoms with Crippen LogP contribution >= 0.6 is 22.7 Å². The van der Waals surface area contributed by atoms with E-state index in [0.29, 0.717) is 5.69 Å². The van der Waals surface area contributed by atoms with Crippen LogP contribution in [0.5, 0.6) is 0 Å². The van der Waals surface area contributed by atoms with E-state index >= 15 is 0 Å². The summed E-state index contributed by atoms with van der Waals surface area (Å²) in [6.07, 6.45) is 0.260. The molecule has 2 rings (SSSR count). The number of thiophene rings is 1. The van der Waals surface area contributed by atoms with Gasteiger partial charge in [-0.25, -0.2) is 4.98 Å². The van der Waals surface area contributed by atoms with Gasteiger partial charge in [0.15, 0.2) is 6.61 Å². The number of ether oxygens (including phenoxy) is 1. The second-order valence-electron chi connectivity index (χ2n) is 4.25. The van der Waals surface area contributed by atoms with Gasteiger partial charge in [0.1, 0.15) is 5.01 Å². The second kappa shape index (κ2) is 8.26. The molecule has 1 N–H and O–H groups in total. The average Bonchev–Trinajstić information content (AvgIpc) is 3.16. The Morgan fingerprint density at radius 2 is 2.27 bits per heavy atom. The van der Waals surface area contributed by atoms with Crippen LogP contribution in [0.3, 0.4) is 0 Å². The lowest BCUT2D eigenvalue weighted by Gasteiger charge is -2.04. The van der Waals surface area contributed by atoms with Crippen LogP contribution in [0, 0.1) is 11.3 Å². The van der Waals surface area contributed by atoms with E-state index in [4.69, 9.17) is 10.00 Å². The molecule has 0 saturated heterocycles. The highest BCUT2D eigenvalue weighted by Crippen LogP contribution is 2.25. The van der Waals surface area contributed by atoms with Crippen molar-refractivity contribution in [2.45, 2.75) is 12.8 Å². The molecule has 114 valence electrons. The number of thiazole rings is 1. The van der Waals surface area contributed by atoms with Crippen LogP contribution < -0.4 is 5.32 Å². The molecule has 1 amide bonds. The summed E-state index contributed by atoms with van der Waals surface area (Å²) in [5.74, 6) is -0.918. The summed E-state index contributed by atoms with van der Waals surface area (Å²) >= 11 is 3.05. The van der Waals surface area contributed by atoms with Crippen LogP contribution in [0.4, 0.5) is 0 Å². The lowest BCUT2D eigenvalue weighted by atomic mass is 10.3. The third-order valence-corrected chi connectivity index (χ3v) is 4.19. The number of nitriles is 1. The molecular weight excluding hydrogens is 322 g/mol. The van der Waals surface area contributed by atoms with Gasteiger partial charge in [0.05, 0.1) is 24.6 Å². The van der Waals surface area contributed by atoms with Gasteiger partial charge in [-0.1, -0.05) is 0 Å². The molecule has 0 aliphatic rings. The van der Waals surface area contributed by atoms with Crippen molar-refractivity contribution in [3.63, 3.8) is 0 Å². The smallest absolute Gasteiger partial charge is 0.312 e. The molecule has 0 bridgehead atoms. The van der Waals surface area contributed by atoms with E-state index in [1.54, 1.807) is 16.7 Å². The molecule has 8 heteroatoms. The molecule has 2 heterocycles. The maximum Gasteiger partial charge on any atom is 0.312 e. The first-order chi connectivity index (χ1) is 10.7. The number of amides is 1. The van der Waals surface area contributed by atoms with Gasteiger partial charge in [0.2, 0.25) is 0 Å². The zero-order chi connectivity index (χ0) is 15.8. The van der Waals surface area contributed by atoms with Gasteiger partial charge in [-0.15, -0.1) is 11.3 Å². The molecule has 0 spiro atoms. The van der Waals surface area contributed by atoms with Crippen LogP contribution in [0.25, 0.3) is 10.6 Å². The Balaban J connectivity index is 1.76. The monoisotopic (exact) mass is 335 g/mol. The highest BCUT2D eigenvalue weighted by atomic mass is 32.1. The van der Waals surface area contributed by atoms with Crippen molar-refractivity contribution in [1.29, 1.82) is 5.26 Å². The zero-order valence-electron chi connectivity index (χ0n) is 11.6. The molecule has 0 atom stereocenters. The van der Waals surface area contributed by atoms with Gasteiger partial charge in [0.25, 0.3) is 5.91 Å². The first-order valence-electron chi connectivity index (χ1n) is 6.45. The molecular formula is C14H13N3O3S2. The van der Waals surface area contributed by atoms with Crippen molar-refractivity contribution >= 4 is 34.6 Å². The number of esters is 1. The van der Waals surface area contributed by atoms with Crippen molar-refractivity contribution in [2.24, 2.45) is 0 Å². The minimum Gasteiger partial charge on any atom is -0.455 e. The number of hydrogen-bond donors (Lipinski definition) is 1. The maximum atomic E-state index is 11.7. The van der Waals surface area contributed by atoms with E-state index in [-0.39, 0.29) is 26.0 Å². The first-order valence-corrected chi connectivity index (χ1v) is 8.27. The summed E-state index contributed by atoms with van der Waals surface area (Å²) in [5, 5.41) is 17.4. The van der Waals surface area contributed by atoms with E-state index in [0.717, 1.165) is 10.6 Å². The van der Waals surface area contributed by atoms with Crippen molar-refractivity contribution in [1.82, 2.24) is 10.3 Å². The Bertz CT molecular complexity index is 674. The Morgan fingerprint density at radius 1 is 1.41 bits per heavy atom. The molecule has 0 fully saturated rings. The SMILES string of the molecule is N#CCCNC(=O)COC(=O)Cc1csc(-c2ccsc2)n1. The molecule has 0 aliphatic carbocycles. The molecule has 6 nitrogen and oxygen atoms in total. The molecule has 0 unspecified atom stereocenters. The standard InChI is InChI=1S/C14H13N3O3S2/c15-3-1-4-16-12(18)7-20-13(19)6-11-9-22-14(17-11)10-2-5-21-8-10/h2,5,8-9H,1,4,6-7H2,(H,16,18). The summed E-state index contributed by atoms with van der Waals surface area (Å²) in [6, 6.07) is 3.88. The van der Waals surface area contributed by atoms with Gasteiger partial charge in [-0.3, -0.25) is 9.59 Å².